The SMILES string of the molecule is O=S(=O)(Br)c1c(Cl)cccc1Cl. The maximum Gasteiger partial charge on any atom is 0.240 e. The fraction of sp³-hybridized carbons (Fsp3) is 0. The highest BCUT2D eigenvalue weighted by Crippen LogP contribution is 2.32. The van der Waals surface area contributed by atoms with Crippen LogP contribution in [0.15, 0.2) is 23.1 Å². The maximum atomic E-state index is 11.0. The fourth-order valence-corrected chi connectivity index (χ4v) is 3.93. The topological polar surface area (TPSA) is 34.1 Å². The van der Waals surface area contributed by atoms with Crippen LogP contribution in [-0.2, 0) is 8.27 Å². The Balaban J connectivity index is 3.53. The summed E-state index contributed by atoms with van der Waals surface area (Å²) in [6.45, 7) is 0. The molecule has 0 fully saturated rings. The molecule has 0 saturated heterocycles. The zero-order valence-corrected chi connectivity index (χ0v) is 9.51. The second kappa shape index (κ2) is 3.54. The van der Waals surface area contributed by atoms with E-state index < -0.39 is 8.27 Å². The van der Waals surface area contributed by atoms with Crippen molar-refractivity contribution in [3.63, 3.8) is 0 Å². The first-order chi connectivity index (χ1) is 5.43. The molecule has 1 aromatic rings. The van der Waals surface area contributed by atoms with Crippen molar-refractivity contribution in [2.24, 2.45) is 0 Å². The van der Waals surface area contributed by atoms with E-state index in [0.29, 0.717) is 0 Å². The molecule has 0 amide bonds. The summed E-state index contributed by atoms with van der Waals surface area (Å²) in [5.74, 6) is 0. The van der Waals surface area contributed by atoms with Crippen molar-refractivity contribution >= 4 is 46.3 Å². The normalized spacial score (nSPS) is 11.6. The van der Waals surface area contributed by atoms with Gasteiger partial charge in [-0.05, 0) is 12.1 Å². The van der Waals surface area contributed by atoms with Crippen molar-refractivity contribution in [1.29, 1.82) is 0 Å². The molecule has 0 radical (unpaired) electrons. The Morgan fingerprint density at radius 2 is 1.58 bits per heavy atom. The van der Waals surface area contributed by atoms with E-state index in [4.69, 9.17) is 23.2 Å². The first kappa shape index (κ1) is 10.3. The zero-order chi connectivity index (χ0) is 9.35. The number of halogens is 3. The molecule has 0 aliphatic carbocycles. The Morgan fingerprint density at radius 3 is 1.83 bits per heavy atom. The predicted octanol–water partition coefficient (Wildman–Crippen LogP) is 3.08. The third kappa shape index (κ3) is 2.13. The van der Waals surface area contributed by atoms with Crippen molar-refractivity contribution in [3.05, 3.63) is 28.2 Å². The van der Waals surface area contributed by atoms with Crippen LogP contribution >= 0.6 is 38.0 Å². The summed E-state index contributed by atoms with van der Waals surface area (Å²) in [7, 11) is -3.52. The van der Waals surface area contributed by atoms with Gasteiger partial charge < -0.3 is 0 Å². The number of hydrogen-bond donors (Lipinski definition) is 0. The molecule has 1 aromatic carbocycles. The molecule has 12 heavy (non-hydrogen) atoms. The lowest BCUT2D eigenvalue weighted by molar-refractivity contribution is 0.611. The van der Waals surface area contributed by atoms with E-state index in [1.165, 1.54) is 12.1 Å². The van der Waals surface area contributed by atoms with Gasteiger partial charge in [0.2, 0.25) is 8.27 Å². The van der Waals surface area contributed by atoms with Crippen LogP contribution in [-0.4, -0.2) is 8.42 Å². The van der Waals surface area contributed by atoms with E-state index in [1.54, 1.807) is 6.07 Å². The quantitative estimate of drug-likeness (QED) is 0.745. The van der Waals surface area contributed by atoms with Gasteiger partial charge in [-0.3, -0.25) is 0 Å². The minimum Gasteiger partial charge on any atom is -0.212 e. The maximum absolute atomic E-state index is 11.0. The van der Waals surface area contributed by atoms with Crippen LogP contribution < -0.4 is 0 Å². The van der Waals surface area contributed by atoms with Gasteiger partial charge >= 0.3 is 0 Å². The summed E-state index contributed by atoms with van der Waals surface area (Å²) in [4.78, 5) is -0.0895. The highest BCUT2D eigenvalue weighted by atomic mass is 79.9. The molecule has 6 heteroatoms. The Hall–Kier alpha value is 0.230. The van der Waals surface area contributed by atoms with Crippen LogP contribution in [0, 0.1) is 0 Å². The van der Waals surface area contributed by atoms with Crippen LogP contribution in [0.25, 0.3) is 0 Å². The number of benzene rings is 1. The lowest BCUT2D eigenvalue weighted by Gasteiger charge is -2.01. The second-order valence-corrected chi connectivity index (χ2v) is 6.64. The molecule has 0 aliphatic heterocycles. The third-order valence-electron chi connectivity index (χ3n) is 1.16. The van der Waals surface area contributed by atoms with Crippen LogP contribution in [0.3, 0.4) is 0 Å². The molecule has 0 unspecified atom stereocenters. The van der Waals surface area contributed by atoms with Gasteiger partial charge in [0.1, 0.15) is 4.90 Å². The van der Waals surface area contributed by atoms with Gasteiger partial charge in [-0.15, -0.1) is 0 Å². The minimum absolute atomic E-state index is 0.0895. The lowest BCUT2D eigenvalue weighted by atomic mass is 10.4. The minimum atomic E-state index is -3.52. The summed E-state index contributed by atoms with van der Waals surface area (Å²) in [5, 5.41) is 0.221. The van der Waals surface area contributed by atoms with E-state index >= 15 is 0 Å². The van der Waals surface area contributed by atoms with Gasteiger partial charge in [0.05, 0.1) is 24.9 Å². The number of hydrogen-bond acceptors (Lipinski definition) is 2. The van der Waals surface area contributed by atoms with Crippen molar-refractivity contribution < 1.29 is 8.42 Å². The molecule has 0 heterocycles. The summed E-state index contributed by atoms with van der Waals surface area (Å²) in [6.07, 6.45) is 0. The largest absolute Gasteiger partial charge is 0.240 e. The van der Waals surface area contributed by atoms with Gasteiger partial charge in [-0.25, -0.2) is 8.42 Å². The molecular weight excluding hydrogens is 287 g/mol. The second-order valence-electron chi connectivity index (χ2n) is 1.99. The van der Waals surface area contributed by atoms with Gasteiger partial charge in [-0.1, -0.05) is 29.3 Å². The summed E-state index contributed by atoms with van der Waals surface area (Å²) in [5.41, 5.74) is 0. The average Bonchev–Trinajstić information content (AvgIpc) is 1.82. The molecule has 0 spiro atoms. The molecule has 0 bridgehead atoms. The highest BCUT2D eigenvalue weighted by molar-refractivity contribution is 9.47. The first-order valence-electron chi connectivity index (χ1n) is 2.81. The van der Waals surface area contributed by atoms with Crippen molar-refractivity contribution in [3.8, 4) is 0 Å². The van der Waals surface area contributed by atoms with Crippen molar-refractivity contribution in [1.82, 2.24) is 0 Å². The van der Waals surface area contributed by atoms with Crippen LogP contribution in [0.1, 0.15) is 0 Å². The smallest absolute Gasteiger partial charge is 0.212 e. The van der Waals surface area contributed by atoms with Crippen molar-refractivity contribution in [2.45, 2.75) is 4.90 Å². The average molecular weight is 290 g/mol. The Labute approximate surface area is 87.6 Å². The van der Waals surface area contributed by atoms with Gasteiger partial charge in [0.15, 0.2) is 0 Å². The molecule has 0 aromatic heterocycles. The number of rotatable bonds is 1. The summed E-state index contributed by atoms with van der Waals surface area (Å²) in [6, 6.07) is 4.50. The molecule has 2 nitrogen and oxygen atoms in total. The molecule has 1 rings (SSSR count). The Bertz CT molecular complexity index is 382. The summed E-state index contributed by atoms with van der Waals surface area (Å²) >= 11 is 13.7. The zero-order valence-electron chi connectivity index (χ0n) is 5.59. The van der Waals surface area contributed by atoms with Crippen LogP contribution in [0.5, 0.6) is 0 Å². The Kier molecular flexibility index (Phi) is 3.04. The van der Waals surface area contributed by atoms with Crippen molar-refractivity contribution in [2.75, 3.05) is 0 Å². The first-order valence-corrected chi connectivity index (χ1v) is 6.90. The summed E-state index contributed by atoms with van der Waals surface area (Å²) < 4.78 is 22.0. The van der Waals surface area contributed by atoms with Gasteiger partial charge in [0, 0.05) is 0 Å². The standard InChI is InChI=1S/C6H3BrCl2O2S/c7-12(10,11)6-4(8)2-1-3-5(6)9/h1-3H. The third-order valence-corrected chi connectivity index (χ3v) is 3.92. The Morgan fingerprint density at radius 1 is 1.17 bits per heavy atom. The van der Waals surface area contributed by atoms with E-state index in [-0.39, 0.29) is 14.9 Å². The van der Waals surface area contributed by atoms with Gasteiger partial charge in [-0.2, -0.15) is 0 Å². The predicted molar refractivity (Wildman–Crippen MR) is 52.6 cm³/mol. The molecule has 66 valence electrons. The van der Waals surface area contributed by atoms with Gasteiger partial charge in [0.25, 0.3) is 0 Å². The molecule has 0 saturated carbocycles. The molecule has 0 aliphatic rings. The molecule has 0 N–H and O–H groups in total. The monoisotopic (exact) mass is 288 g/mol. The van der Waals surface area contributed by atoms with E-state index in [9.17, 15) is 8.42 Å². The highest BCUT2D eigenvalue weighted by Gasteiger charge is 2.17. The van der Waals surface area contributed by atoms with Crippen LogP contribution in [0.2, 0.25) is 10.0 Å². The van der Waals surface area contributed by atoms with E-state index in [2.05, 4.69) is 14.8 Å². The van der Waals surface area contributed by atoms with Crippen LogP contribution in [0.4, 0.5) is 0 Å². The molecular formula is C6H3BrCl2O2S. The fourth-order valence-electron chi connectivity index (χ4n) is 0.715. The van der Waals surface area contributed by atoms with E-state index in [1.807, 2.05) is 0 Å². The van der Waals surface area contributed by atoms with E-state index in [0.717, 1.165) is 0 Å². The lowest BCUT2D eigenvalue weighted by Crippen LogP contribution is -1.91. The molecule has 0 atom stereocenters.